The summed E-state index contributed by atoms with van der Waals surface area (Å²) in [6.45, 7) is 1.64. The maximum Gasteiger partial charge on any atom is 0.269 e. The number of nitrogens with zero attached hydrogens (tertiary/aromatic N) is 1. The lowest BCUT2D eigenvalue weighted by atomic mass is 10.1. The molecule has 0 unspecified atom stereocenters. The number of nitro benzene ring substituents is 1. The van der Waals surface area contributed by atoms with Gasteiger partial charge in [-0.15, -0.1) is 23.2 Å². The van der Waals surface area contributed by atoms with Crippen LogP contribution in [0.5, 0.6) is 0 Å². The van der Waals surface area contributed by atoms with Crippen molar-refractivity contribution >= 4 is 34.8 Å². The van der Waals surface area contributed by atoms with Crippen molar-refractivity contribution in [2.45, 2.75) is 23.8 Å². The van der Waals surface area contributed by atoms with Crippen molar-refractivity contribution in [3.05, 3.63) is 39.9 Å². The lowest BCUT2D eigenvalue weighted by Crippen LogP contribution is -2.36. The van der Waals surface area contributed by atoms with Gasteiger partial charge in [-0.3, -0.25) is 14.9 Å². The van der Waals surface area contributed by atoms with E-state index in [9.17, 15) is 20.0 Å². The van der Waals surface area contributed by atoms with Gasteiger partial charge in [-0.1, -0.05) is 0 Å². The first kappa shape index (κ1) is 16.0. The molecule has 6 nitrogen and oxygen atoms in total. The van der Waals surface area contributed by atoms with Crippen LogP contribution < -0.4 is 5.32 Å². The van der Waals surface area contributed by atoms with Gasteiger partial charge in [0.1, 0.15) is 4.33 Å². The van der Waals surface area contributed by atoms with Gasteiger partial charge >= 0.3 is 0 Å². The first-order valence-corrected chi connectivity index (χ1v) is 7.01. The molecule has 2 rings (SSSR count). The Bertz CT molecular complexity index is 576. The van der Waals surface area contributed by atoms with E-state index >= 15 is 0 Å². The van der Waals surface area contributed by atoms with Gasteiger partial charge in [-0.25, -0.2) is 0 Å². The zero-order valence-electron chi connectivity index (χ0n) is 11.2. The maximum atomic E-state index is 11.9. The summed E-state index contributed by atoms with van der Waals surface area (Å²) in [6, 6.07) is 5.48. The van der Waals surface area contributed by atoms with Crippen LogP contribution in [-0.2, 0) is 4.79 Å². The molecule has 1 aromatic carbocycles. The highest BCUT2D eigenvalue weighted by Gasteiger charge is 2.67. The standard InChI is InChI=1S/C13H14Cl2N2O4/c1-12(7-13(12,14)15)11(19)16-6-10(18)8-2-4-9(5-3-8)17(20)21/h2-5,10,18H,6-7H2,1H3,(H,16,19)/t10-,12+/m0/s1. The summed E-state index contributed by atoms with van der Waals surface area (Å²) in [5.74, 6) is -0.325. The monoisotopic (exact) mass is 332 g/mol. The van der Waals surface area contributed by atoms with Gasteiger partial charge in [-0.2, -0.15) is 0 Å². The molecule has 1 aliphatic rings. The molecule has 0 spiro atoms. The Balaban J connectivity index is 1.92. The predicted molar refractivity (Wildman–Crippen MR) is 78.2 cm³/mol. The molecule has 8 heteroatoms. The lowest BCUT2D eigenvalue weighted by Gasteiger charge is -2.16. The molecule has 1 aliphatic carbocycles. The second-order valence-electron chi connectivity index (χ2n) is 5.29. The molecule has 21 heavy (non-hydrogen) atoms. The van der Waals surface area contributed by atoms with Crippen LogP contribution >= 0.6 is 23.2 Å². The van der Waals surface area contributed by atoms with Gasteiger partial charge in [0.15, 0.2) is 0 Å². The van der Waals surface area contributed by atoms with Crippen LogP contribution in [0.3, 0.4) is 0 Å². The molecule has 0 aliphatic heterocycles. The fraction of sp³-hybridized carbons (Fsp3) is 0.462. The van der Waals surface area contributed by atoms with E-state index in [2.05, 4.69) is 5.32 Å². The number of alkyl halides is 2. The Kier molecular flexibility index (Phi) is 4.15. The minimum atomic E-state index is -1.06. The molecule has 1 aromatic rings. The first-order valence-electron chi connectivity index (χ1n) is 6.26. The van der Waals surface area contributed by atoms with Crippen LogP contribution in [0.15, 0.2) is 24.3 Å². The SMILES string of the molecule is C[C@]1(C(=O)NC[C@H](O)c2ccc([N+](=O)[O-])cc2)CC1(Cl)Cl. The van der Waals surface area contributed by atoms with Crippen molar-refractivity contribution < 1.29 is 14.8 Å². The highest BCUT2D eigenvalue weighted by molar-refractivity contribution is 6.53. The van der Waals surface area contributed by atoms with Crippen LogP contribution in [0.1, 0.15) is 25.0 Å². The molecular weight excluding hydrogens is 319 g/mol. The summed E-state index contributed by atoms with van der Waals surface area (Å²) < 4.78 is -1.06. The number of amides is 1. The number of hydrogen-bond donors (Lipinski definition) is 2. The molecule has 1 fully saturated rings. The number of carbonyl (C=O) groups is 1. The smallest absolute Gasteiger partial charge is 0.269 e. The summed E-state index contributed by atoms with van der Waals surface area (Å²) in [4.78, 5) is 22.0. The highest BCUT2D eigenvalue weighted by atomic mass is 35.5. The third-order valence-corrected chi connectivity index (χ3v) is 4.81. The van der Waals surface area contributed by atoms with Gasteiger partial charge < -0.3 is 10.4 Å². The topological polar surface area (TPSA) is 92.5 Å². The Morgan fingerprint density at radius 3 is 2.43 bits per heavy atom. The number of benzene rings is 1. The Hall–Kier alpha value is -1.37. The largest absolute Gasteiger partial charge is 0.387 e. The van der Waals surface area contributed by atoms with Gasteiger partial charge in [0, 0.05) is 18.7 Å². The third-order valence-electron chi connectivity index (χ3n) is 3.70. The molecule has 0 radical (unpaired) electrons. The van der Waals surface area contributed by atoms with Crippen LogP contribution in [0.25, 0.3) is 0 Å². The summed E-state index contributed by atoms with van der Waals surface area (Å²) in [7, 11) is 0. The van der Waals surface area contributed by atoms with E-state index in [1.807, 2.05) is 0 Å². The number of nitro groups is 1. The quantitative estimate of drug-likeness (QED) is 0.491. The van der Waals surface area contributed by atoms with Gasteiger partial charge in [0.25, 0.3) is 5.69 Å². The van der Waals surface area contributed by atoms with Gasteiger partial charge in [-0.05, 0) is 31.0 Å². The Labute approximate surface area is 131 Å². The number of non-ortho nitro benzene ring substituents is 1. The van der Waals surface area contributed by atoms with Crippen molar-refractivity contribution in [3.63, 3.8) is 0 Å². The molecule has 0 aromatic heterocycles. The molecule has 2 N–H and O–H groups in total. The second-order valence-corrected chi connectivity index (χ2v) is 6.77. The number of aliphatic hydroxyl groups excluding tert-OH is 1. The molecule has 0 heterocycles. The van der Waals surface area contributed by atoms with Crippen molar-refractivity contribution in [2.24, 2.45) is 5.41 Å². The summed E-state index contributed by atoms with van der Waals surface area (Å²) >= 11 is 11.8. The number of nitrogens with one attached hydrogen (secondary N) is 1. The Morgan fingerprint density at radius 1 is 1.48 bits per heavy atom. The zero-order chi connectivity index (χ0) is 15.8. The maximum absolute atomic E-state index is 11.9. The van der Waals surface area contributed by atoms with E-state index in [1.165, 1.54) is 24.3 Å². The molecule has 0 bridgehead atoms. The third kappa shape index (κ3) is 3.12. The van der Waals surface area contributed by atoms with Crippen molar-refractivity contribution in [3.8, 4) is 0 Å². The summed E-state index contributed by atoms with van der Waals surface area (Å²) in [6.07, 6.45) is -0.597. The van der Waals surface area contributed by atoms with Gasteiger partial charge in [0.05, 0.1) is 16.4 Å². The number of carbonyl (C=O) groups excluding carboxylic acids is 1. The van der Waals surface area contributed by atoms with Crippen LogP contribution in [-0.4, -0.2) is 26.8 Å². The number of rotatable bonds is 5. The van der Waals surface area contributed by atoms with Crippen LogP contribution in [0.4, 0.5) is 5.69 Å². The predicted octanol–water partition coefficient (Wildman–Crippen LogP) is 2.33. The Morgan fingerprint density at radius 2 is 2.00 bits per heavy atom. The molecule has 1 saturated carbocycles. The number of aliphatic hydroxyl groups is 1. The van der Waals surface area contributed by atoms with Crippen molar-refractivity contribution in [2.75, 3.05) is 6.54 Å². The van der Waals surface area contributed by atoms with Crippen molar-refractivity contribution in [1.82, 2.24) is 5.32 Å². The van der Waals surface area contributed by atoms with E-state index in [1.54, 1.807) is 6.92 Å². The number of hydrogen-bond acceptors (Lipinski definition) is 4. The van der Waals surface area contributed by atoms with E-state index < -0.39 is 20.8 Å². The molecule has 114 valence electrons. The highest BCUT2D eigenvalue weighted by Crippen LogP contribution is 2.63. The fourth-order valence-electron chi connectivity index (χ4n) is 1.97. The van der Waals surface area contributed by atoms with E-state index in [0.29, 0.717) is 12.0 Å². The van der Waals surface area contributed by atoms with E-state index in [4.69, 9.17) is 23.2 Å². The second kappa shape index (κ2) is 5.44. The fourth-order valence-corrected chi connectivity index (χ4v) is 2.67. The van der Waals surface area contributed by atoms with E-state index in [-0.39, 0.29) is 18.1 Å². The van der Waals surface area contributed by atoms with Crippen LogP contribution in [0.2, 0.25) is 0 Å². The summed E-state index contributed by atoms with van der Waals surface area (Å²) in [5, 5.41) is 23.1. The van der Waals surface area contributed by atoms with Gasteiger partial charge in [0.2, 0.25) is 5.91 Å². The minimum Gasteiger partial charge on any atom is -0.387 e. The minimum absolute atomic E-state index is 0.0178. The molecule has 2 atom stereocenters. The summed E-state index contributed by atoms with van der Waals surface area (Å²) in [5.41, 5.74) is -0.426. The zero-order valence-corrected chi connectivity index (χ0v) is 12.7. The van der Waals surface area contributed by atoms with Crippen LogP contribution in [0, 0.1) is 15.5 Å². The number of halogens is 2. The average molecular weight is 333 g/mol. The average Bonchev–Trinajstić information content (AvgIpc) is 2.96. The normalized spacial score (nSPS) is 24.2. The lowest BCUT2D eigenvalue weighted by molar-refractivity contribution is -0.384. The van der Waals surface area contributed by atoms with E-state index in [0.717, 1.165) is 0 Å². The molecule has 0 saturated heterocycles. The molecular formula is C13H14Cl2N2O4. The van der Waals surface area contributed by atoms with Crippen molar-refractivity contribution in [1.29, 1.82) is 0 Å². The first-order chi connectivity index (χ1) is 9.67. The molecule has 1 amide bonds.